The van der Waals surface area contributed by atoms with Crippen LogP contribution in [0.2, 0.25) is 0 Å². The van der Waals surface area contributed by atoms with Crippen LogP contribution in [0.25, 0.3) is 0 Å². The van der Waals surface area contributed by atoms with Gasteiger partial charge in [-0.2, -0.15) is 0 Å². The molecule has 0 radical (unpaired) electrons. The van der Waals surface area contributed by atoms with Crippen molar-refractivity contribution in [2.75, 3.05) is 0 Å². The topological polar surface area (TPSA) is 52.0 Å². The van der Waals surface area contributed by atoms with Gasteiger partial charge in [-0.15, -0.1) is 0 Å². The van der Waals surface area contributed by atoms with Crippen molar-refractivity contribution in [1.82, 2.24) is 9.19 Å². The Bertz CT molecular complexity index is 563. The van der Waals surface area contributed by atoms with Crippen LogP contribution in [0.1, 0.15) is 0 Å². The molecule has 0 atom stereocenters. The minimum absolute atomic E-state index is 0.237. The first-order valence-electron chi connectivity index (χ1n) is 4.15. The van der Waals surface area contributed by atoms with Gasteiger partial charge in [-0.3, -0.25) is 0 Å². The summed E-state index contributed by atoms with van der Waals surface area (Å²) < 4.78 is 25.6. The zero-order chi connectivity index (χ0) is 10.9. The molecule has 0 saturated heterocycles. The van der Waals surface area contributed by atoms with Crippen molar-refractivity contribution in [3.63, 3.8) is 0 Å². The molecule has 0 aliphatic heterocycles. The van der Waals surface area contributed by atoms with Crippen LogP contribution in [0.15, 0.2) is 47.6 Å². The van der Waals surface area contributed by atoms with Crippen LogP contribution in [0.4, 0.5) is 0 Å². The van der Waals surface area contributed by atoms with Gasteiger partial charge in [-0.1, -0.05) is 0 Å². The molecule has 1 aromatic heterocycles. The van der Waals surface area contributed by atoms with Gasteiger partial charge in [0.1, 0.15) is 0 Å². The molecule has 0 bridgehead atoms. The molecule has 0 aliphatic carbocycles. The molecule has 15 heavy (non-hydrogen) atoms. The van der Waals surface area contributed by atoms with E-state index in [0.29, 0.717) is 0 Å². The number of hydrogen-bond acceptors (Lipinski definition) is 3. The first-order chi connectivity index (χ1) is 7.10. The van der Waals surface area contributed by atoms with Gasteiger partial charge in [-0.05, 0) is 0 Å². The first-order valence-corrected chi connectivity index (χ1v) is 6.53. The molecule has 0 unspecified atom stereocenters. The number of benzene rings is 1. The van der Waals surface area contributed by atoms with E-state index in [0.717, 1.165) is 8.55 Å². The van der Waals surface area contributed by atoms with E-state index in [1.807, 2.05) is 0 Å². The summed E-state index contributed by atoms with van der Waals surface area (Å²) in [4.78, 5) is 0.237. The SMILES string of the molecule is O=S(=O)(c1ccccc1)n1cc([SeH])cn1. The van der Waals surface area contributed by atoms with Crippen LogP contribution in [-0.4, -0.2) is 33.6 Å². The zero-order valence-electron chi connectivity index (χ0n) is 7.61. The maximum atomic E-state index is 11.9. The van der Waals surface area contributed by atoms with E-state index >= 15 is 0 Å². The summed E-state index contributed by atoms with van der Waals surface area (Å²) >= 11 is 2.25. The van der Waals surface area contributed by atoms with Gasteiger partial charge < -0.3 is 0 Å². The van der Waals surface area contributed by atoms with E-state index in [9.17, 15) is 8.42 Å². The minimum atomic E-state index is -3.52. The summed E-state index contributed by atoms with van der Waals surface area (Å²) in [5.74, 6) is 0. The monoisotopic (exact) mass is 288 g/mol. The van der Waals surface area contributed by atoms with E-state index in [1.165, 1.54) is 12.4 Å². The molecule has 1 aromatic carbocycles. The average Bonchev–Trinajstić information content (AvgIpc) is 2.67. The normalized spacial score (nSPS) is 11.5. The van der Waals surface area contributed by atoms with Gasteiger partial charge in [0.15, 0.2) is 0 Å². The Labute approximate surface area is 95.8 Å². The second-order valence-corrected chi connectivity index (χ2v) is 5.77. The van der Waals surface area contributed by atoms with Crippen LogP contribution in [0.5, 0.6) is 0 Å². The molecule has 0 N–H and O–H groups in total. The van der Waals surface area contributed by atoms with Crippen molar-refractivity contribution in [2.45, 2.75) is 4.90 Å². The van der Waals surface area contributed by atoms with Gasteiger partial charge >= 0.3 is 95.7 Å². The third-order valence-corrected chi connectivity index (χ3v) is 3.88. The summed E-state index contributed by atoms with van der Waals surface area (Å²) in [5.41, 5.74) is 0. The van der Waals surface area contributed by atoms with Gasteiger partial charge in [0, 0.05) is 0 Å². The third kappa shape index (κ3) is 1.97. The molecule has 0 fully saturated rings. The average molecular weight is 287 g/mol. The number of rotatable bonds is 2. The molecule has 0 saturated carbocycles. The first kappa shape index (κ1) is 10.4. The zero-order valence-corrected chi connectivity index (χ0v) is 10.3. The van der Waals surface area contributed by atoms with E-state index in [2.05, 4.69) is 21.1 Å². The Morgan fingerprint density at radius 3 is 2.40 bits per heavy atom. The molecule has 0 aliphatic rings. The molecule has 0 amide bonds. The maximum absolute atomic E-state index is 11.9. The Morgan fingerprint density at radius 2 is 1.87 bits per heavy atom. The summed E-state index contributed by atoms with van der Waals surface area (Å²) in [6.07, 6.45) is 2.95. The van der Waals surface area contributed by atoms with E-state index < -0.39 is 10.0 Å². The van der Waals surface area contributed by atoms with Crippen molar-refractivity contribution in [1.29, 1.82) is 0 Å². The Hall–Kier alpha value is -1.10. The van der Waals surface area contributed by atoms with Gasteiger partial charge in [0.25, 0.3) is 0 Å². The van der Waals surface area contributed by atoms with Crippen molar-refractivity contribution in [3.8, 4) is 0 Å². The van der Waals surface area contributed by atoms with Gasteiger partial charge in [0.05, 0.1) is 0 Å². The predicted octanol–water partition coefficient (Wildman–Crippen LogP) is -0.354. The Kier molecular flexibility index (Phi) is 2.65. The van der Waals surface area contributed by atoms with Crippen LogP contribution in [-0.2, 0) is 10.0 Å². The number of nitrogens with zero attached hydrogens (tertiary/aromatic N) is 2. The summed E-state index contributed by atoms with van der Waals surface area (Å²) in [5, 5.41) is 3.78. The van der Waals surface area contributed by atoms with Gasteiger partial charge in [0.2, 0.25) is 0 Å². The Balaban J connectivity index is 2.54. The molecule has 1 heterocycles. The summed E-state index contributed by atoms with van der Waals surface area (Å²) in [6, 6.07) is 8.21. The molecule has 6 heteroatoms. The van der Waals surface area contributed by atoms with Crippen molar-refractivity contribution >= 4 is 30.5 Å². The standard InChI is InChI=1S/C9H8N2O2SSe/c12-14(13,8-4-2-1-3-5-8)11-7-9(15)6-10-11/h1-7,15H. The number of aromatic nitrogens is 2. The molecule has 78 valence electrons. The van der Waals surface area contributed by atoms with E-state index in [-0.39, 0.29) is 4.90 Å². The fourth-order valence-electron chi connectivity index (χ4n) is 1.13. The third-order valence-electron chi connectivity index (χ3n) is 1.83. The van der Waals surface area contributed by atoms with Crippen LogP contribution in [0, 0.1) is 0 Å². The summed E-state index contributed by atoms with van der Waals surface area (Å²) in [6.45, 7) is 0. The number of hydrogen-bond donors (Lipinski definition) is 0. The molecule has 0 spiro atoms. The van der Waals surface area contributed by atoms with Crippen molar-refractivity contribution < 1.29 is 8.42 Å². The predicted molar refractivity (Wildman–Crippen MR) is 58.0 cm³/mol. The van der Waals surface area contributed by atoms with E-state index in [1.54, 1.807) is 30.3 Å². The molecular formula is C9H8N2O2SSe. The van der Waals surface area contributed by atoms with Gasteiger partial charge in [-0.25, -0.2) is 0 Å². The van der Waals surface area contributed by atoms with Crippen LogP contribution < -0.4 is 4.46 Å². The van der Waals surface area contributed by atoms with Crippen molar-refractivity contribution in [3.05, 3.63) is 42.7 Å². The Morgan fingerprint density at radius 1 is 1.20 bits per heavy atom. The van der Waals surface area contributed by atoms with Crippen LogP contribution in [0.3, 0.4) is 0 Å². The second kappa shape index (κ2) is 3.81. The molecule has 2 aromatic rings. The molecule has 4 nitrogen and oxygen atoms in total. The van der Waals surface area contributed by atoms with E-state index in [4.69, 9.17) is 0 Å². The quantitative estimate of drug-likeness (QED) is 0.709. The fourth-order valence-corrected chi connectivity index (χ4v) is 2.78. The van der Waals surface area contributed by atoms with Crippen LogP contribution >= 0.6 is 0 Å². The summed E-state index contributed by atoms with van der Waals surface area (Å²) in [7, 11) is -3.52. The second-order valence-electron chi connectivity index (χ2n) is 2.89. The molecular weight excluding hydrogens is 279 g/mol. The molecule has 2 rings (SSSR count). The van der Waals surface area contributed by atoms with Crippen molar-refractivity contribution in [2.24, 2.45) is 0 Å². The fraction of sp³-hybridized carbons (Fsp3) is 0.